The minimum Gasteiger partial charge on any atom is -0.273 e. The number of hydrogen-bond donors (Lipinski definition) is 0. The molecule has 0 N–H and O–H groups in total. The monoisotopic (exact) mass is 280 g/mol. The molecule has 0 radical (unpaired) electrons. The first-order chi connectivity index (χ1) is 10.1. The summed E-state index contributed by atoms with van der Waals surface area (Å²) in [5.74, 6) is 0.609. The number of benzene rings is 1. The summed E-state index contributed by atoms with van der Waals surface area (Å²) in [6.45, 7) is 5.32. The maximum atomic E-state index is 11.9. The van der Waals surface area contributed by atoms with E-state index in [9.17, 15) is 4.79 Å². The standard InChI is InChI=1S/C16H16N4O/c1-11-9-16-18-17-12(2)15(20(16)19(11)13(3)21)10-14-7-5-4-6-8-14/h4-10H,1-3H3/b15-10-. The minimum atomic E-state index is -0.0531. The van der Waals surface area contributed by atoms with Crippen LogP contribution in [0, 0.1) is 0 Å². The average Bonchev–Trinajstić information content (AvgIpc) is 2.80. The van der Waals surface area contributed by atoms with Crippen LogP contribution in [0.4, 0.5) is 0 Å². The van der Waals surface area contributed by atoms with Crippen LogP contribution in [0.3, 0.4) is 0 Å². The molecule has 1 aromatic rings. The van der Waals surface area contributed by atoms with Crippen LogP contribution in [0.2, 0.25) is 0 Å². The van der Waals surface area contributed by atoms with Gasteiger partial charge in [-0.05, 0) is 25.5 Å². The Kier molecular flexibility index (Phi) is 3.17. The molecule has 0 aromatic heterocycles. The van der Waals surface area contributed by atoms with Gasteiger partial charge in [-0.25, -0.2) is 10.0 Å². The van der Waals surface area contributed by atoms with E-state index >= 15 is 0 Å². The lowest BCUT2D eigenvalue weighted by Gasteiger charge is -2.33. The molecule has 21 heavy (non-hydrogen) atoms. The minimum absolute atomic E-state index is 0.0531. The van der Waals surface area contributed by atoms with Crippen LogP contribution in [0.15, 0.2) is 58.0 Å². The van der Waals surface area contributed by atoms with Crippen LogP contribution in [0.1, 0.15) is 26.3 Å². The van der Waals surface area contributed by atoms with Crippen LogP contribution >= 0.6 is 0 Å². The summed E-state index contributed by atoms with van der Waals surface area (Å²) in [5.41, 5.74) is 3.52. The van der Waals surface area contributed by atoms with Gasteiger partial charge in [-0.1, -0.05) is 30.3 Å². The second kappa shape index (κ2) is 5.01. The van der Waals surface area contributed by atoms with Gasteiger partial charge in [0.1, 0.15) is 0 Å². The molecule has 2 aliphatic rings. The summed E-state index contributed by atoms with van der Waals surface area (Å²) in [5, 5.41) is 11.8. The van der Waals surface area contributed by atoms with E-state index in [-0.39, 0.29) is 5.91 Å². The van der Waals surface area contributed by atoms with Crippen LogP contribution in [0.5, 0.6) is 0 Å². The maximum Gasteiger partial charge on any atom is 0.242 e. The molecule has 0 bridgehead atoms. The van der Waals surface area contributed by atoms with E-state index in [1.807, 2.05) is 61.3 Å². The topological polar surface area (TPSA) is 48.3 Å². The van der Waals surface area contributed by atoms with Crippen molar-refractivity contribution in [2.75, 3.05) is 0 Å². The second-order valence-corrected chi connectivity index (χ2v) is 5.01. The third kappa shape index (κ3) is 2.27. The summed E-state index contributed by atoms with van der Waals surface area (Å²) in [6.07, 6.45) is 3.87. The summed E-state index contributed by atoms with van der Waals surface area (Å²) in [7, 11) is 0. The summed E-state index contributed by atoms with van der Waals surface area (Å²) < 4.78 is 0. The van der Waals surface area contributed by atoms with E-state index < -0.39 is 0 Å². The fourth-order valence-corrected chi connectivity index (χ4v) is 2.46. The molecule has 0 spiro atoms. The van der Waals surface area contributed by atoms with E-state index in [0.29, 0.717) is 5.84 Å². The summed E-state index contributed by atoms with van der Waals surface area (Å²) in [6, 6.07) is 9.96. The van der Waals surface area contributed by atoms with Gasteiger partial charge in [-0.15, -0.1) is 5.10 Å². The molecule has 0 fully saturated rings. The first kappa shape index (κ1) is 13.3. The molecule has 0 saturated carbocycles. The van der Waals surface area contributed by atoms with Gasteiger partial charge in [0.2, 0.25) is 5.91 Å². The van der Waals surface area contributed by atoms with Crippen molar-refractivity contribution in [1.82, 2.24) is 10.0 Å². The molecule has 0 unspecified atom stereocenters. The molecular weight excluding hydrogens is 264 g/mol. The van der Waals surface area contributed by atoms with E-state index in [2.05, 4.69) is 10.2 Å². The summed E-state index contributed by atoms with van der Waals surface area (Å²) >= 11 is 0. The number of hydrazine groups is 1. The lowest BCUT2D eigenvalue weighted by Crippen LogP contribution is -2.44. The van der Waals surface area contributed by atoms with Crippen molar-refractivity contribution in [1.29, 1.82) is 0 Å². The lowest BCUT2D eigenvalue weighted by molar-refractivity contribution is -0.133. The quantitative estimate of drug-likeness (QED) is 0.794. The van der Waals surface area contributed by atoms with Crippen molar-refractivity contribution in [3.05, 3.63) is 53.4 Å². The number of carbonyl (C=O) groups is 1. The average molecular weight is 280 g/mol. The molecule has 5 nitrogen and oxygen atoms in total. The highest BCUT2D eigenvalue weighted by Crippen LogP contribution is 2.28. The van der Waals surface area contributed by atoms with Gasteiger partial charge >= 0.3 is 0 Å². The number of nitrogens with zero attached hydrogens (tertiary/aromatic N) is 4. The lowest BCUT2D eigenvalue weighted by atomic mass is 10.1. The van der Waals surface area contributed by atoms with Gasteiger partial charge in [0.15, 0.2) is 5.84 Å². The first-order valence-electron chi connectivity index (χ1n) is 6.76. The molecule has 106 valence electrons. The highest BCUT2D eigenvalue weighted by Gasteiger charge is 2.34. The number of carbonyl (C=O) groups excluding carboxylic acids is 1. The van der Waals surface area contributed by atoms with E-state index in [0.717, 1.165) is 22.7 Å². The third-order valence-electron chi connectivity index (χ3n) is 3.39. The van der Waals surface area contributed by atoms with Crippen molar-refractivity contribution < 1.29 is 4.79 Å². The Labute approximate surface area is 123 Å². The fourth-order valence-electron chi connectivity index (χ4n) is 2.46. The van der Waals surface area contributed by atoms with Crippen molar-refractivity contribution >= 4 is 23.5 Å². The van der Waals surface area contributed by atoms with Crippen molar-refractivity contribution in [2.45, 2.75) is 20.8 Å². The second-order valence-electron chi connectivity index (χ2n) is 5.01. The first-order valence-corrected chi connectivity index (χ1v) is 6.76. The van der Waals surface area contributed by atoms with Gasteiger partial charge in [0.25, 0.3) is 0 Å². The van der Waals surface area contributed by atoms with Gasteiger partial charge in [0, 0.05) is 18.7 Å². The van der Waals surface area contributed by atoms with Crippen molar-refractivity contribution in [3.63, 3.8) is 0 Å². The molecule has 1 amide bonds. The molecule has 2 heterocycles. The predicted molar refractivity (Wildman–Crippen MR) is 83.1 cm³/mol. The molecule has 5 heteroatoms. The van der Waals surface area contributed by atoms with Crippen LogP contribution in [0.25, 0.3) is 6.08 Å². The van der Waals surface area contributed by atoms with Crippen LogP contribution in [-0.2, 0) is 4.79 Å². The number of amides is 1. The Morgan fingerprint density at radius 1 is 1.14 bits per heavy atom. The Balaban J connectivity index is 2.09. The zero-order valence-corrected chi connectivity index (χ0v) is 12.2. The van der Waals surface area contributed by atoms with Crippen molar-refractivity contribution in [2.24, 2.45) is 10.2 Å². The Bertz CT molecular complexity index is 713. The van der Waals surface area contributed by atoms with Crippen molar-refractivity contribution in [3.8, 4) is 0 Å². The molecule has 2 aliphatic heterocycles. The van der Waals surface area contributed by atoms with Gasteiger partial charge in [0.05, 0.1) is 11.4 Å². The molecule has 3 rings (SSSR count). The zero-order chi connectivity index (χ0) is 15.0. The molecule has 1 aromatic carbocycles. The SMILES string of the molecule is CC(=O)N1C(C)=CC2=NN=C(C)/C(=C/c3ccccc3)N21. The number of allylic oxidation sites excluding steroid dienone is 2. The molecule has 0 atom stereocenters. The number of hydrogen-bond acceptors (Lipinski definition) is 4. The normalized spacial score (nSPS) is 19.2. The molecule has 0 saturated heterocycles. The number of fused-ring (bicyclic) bond motifs is 1. The Hall–Kier alpha value is -2.69. The van der Waals surface area contributed by atoms with Gasteiger partial charge in [-0.2, -0.15) is 5.10 Å². The third-order valence-corrected chi connectivity index (χ3v) is 3.39. The number of rotatable bonds is 1. The van der Waals surface area contributed by atoms with E-state index in [4.69, 9.17) is 0 Å². The van der Waals surface area contributed by atoms with Gasteiger partial charge < -0.3 is 0 Å². The summed E-state index contributed by atoms with van der Waals surface area (Å²) in [4.78, 5) is 11.9. The predicted octanol–water partition coefficient (Wildman–Crippen LogP) is 2.80. The van der Waals surface area contributed by atoms with Crippen LogP contribution < -0.4 is 0 Å². The highest BCUT2D eigenvalue weighted by molar-refractivity contribution is 6.11. The largest absolute Gasteiger partial charge is 0.273 e. The Morgan fingerprint density at radius 3 is 2.52 bits per heavy atom. The molecular formula is C16H16N4O. The number of amidine groups is 1. The van der Waals surface area contributed by atoms with E-state index in [1.54, 1.807) is 11.9 Å². The Morgan fingerprint density at radius 2 is 1.86 bits per heavy atom. The zero-order valence-electron chi connectivity index (χ0n) is 12.2. The van der Waals surface area contributed by atoms with Gasteiger partial charge in [-0.3, -0.25) is 4.79 Å². The highest BCUT2D eigenvalue weighted by atomic mass is 16.2. The van der Waals surface area contributed by atoms with Crippen LogP contribution in [-0.4, -0.2) is 27.5 Å². The van der Waals surface area contributed by atoms with E-state index in [1.165, 1.54) is 0 Å². The smallest absolute Gasteiger partial charge is 0.242 e. The fraction of sp³-hybridized carbons (Fsp3) is 0.188. The maximum absolute atomic E-state index is 11.9. The molecule has 0 aliphatic carbocycles.